The fraction of sp³-hybridized carbons (Fsp3) is 0.550. The number of hydrogen-bond donors (Lipinski definition) is 2. The Balaban J connectivity index is 1.51. The number of oxazole rings is 1. The molecule has 1 unspecified atom stereocenters. The van der Waals surface area contributed by atoms with Crippen molar-refractivity contribution in [3.05, 3.63) is 29.8 Å². The fourth-order valence-corrected chi connectivity index (χ4v) is 3.88. The second-order valence-electron chi connectivity index (χ2n) is 7.96. The van der Waals surface area contributed by atoms with Crippen molar-refractivity contribution in [1.82, 2.24) is 15.3 Å². The van der Waals surface area contributed by atoms with E-state index in [0.717, 1.165) is 44.8 Å². The van der Waals surface area contributed by atoms with Crippen molar-refractivity contribution in [2.45, 2.75) is 25.9 Å². The maximum Gasteiger partial charge on any atom is 0.437 e. The zero-order valence-corrected chi connectivity index (χ0v) is 17.2. The Kier molecular flexibility index (Phi) is 6.03. The lowest BCUT2D eigenvalue weighted by molar-refractivity contribution is -0.141. The van der Waals surface area contributed by atoms with Crippen LogP contribution in [0.5, 0.6) is 0 Å². The first-order valence-electron chi connectivity index (χ1n) is 10.4. The third-order valence-electron chi connectivity index (χ3n) is 5.46. The van der Waals surface area contributed by atoms with Crippen molar-refractivity contribution in [2.24, 2.45) is 5.92 Å². The van der Waals surface area contributed by atoms with Crippen molar-refractivity contribution in [3.63, 3.8) is 0 Å². The molecule has 2 fully saturated rings. The Hall–Kier alpha value is -2.82. The molecule has 4 heterocycles. The van der Waals surface area contributed by atoms with E-state index in [9.17, 15) is 18.0 Å². The molecule has 2 N–H and O–H groups in total. The van der Waals surface area contributed by atoms with Gasteiger partial charge in [-0.15, -0.1) is 0 Å². The molecule has 4 rings (SSSR count). The molecule has 2 aliphatic heterocycles. The smallest absolute Gasteiger partial charge is 0.417 e. The zero-order valence-electron chi connectivity index (χ0n) is 17.2. The van der Waals surface area contributed by atoms with Crippen LogP contribution >= 0.6 is 0 Å². The third kappa shape index (κ3) is 4.92. The second-order valence-corrected chi connectivity index (χ2v) is 7.96. The number of nitrogens with zero attached hydrogens (tertiary/aromatic N) is 4. The number of carbonyl (C=O) groups is 1. The first-order valence-corrected chi connectivity index (χ1v) is 10.4. The van der Waals surface area contributed by atoms with Crippen LogP contribution in [0.3, 0.4) is 0 Å². The van der Waals surface area contributed by atoms with Crippen LogP contribution in [0.15, 0.2) is 22.7 Å². The lowest BCUT2D eigenvalue weighted by Crippen LogP contribution is -2.43. The summed E-state index contributed by atoms with van der Waals surface area (Å²) in [6.45, 7) is 6.42. The summed E-state index contributed by atoms with van der Waals surface area (Å²) in [6.07, 6.45) is -1.56. The molecule has 0 saturated carbocycles. The molecule has 11 heteroatoms. The van der Waals surface area contributed by atoms with Crippen LogP contribution in [-0.2, 0) is 6.18 Å². The van der Waals surface area contributed by atoms with E-state index >= 15 is 0 Å². The van der Waals surface area contributed by atoms with Gasteiger partial charge in [-0.1, -0.05) is 6.92 Å². The first kappa shape index (κ1) is 21.4. The summed E-state index contributed by atoms with van der Waals surface area (Å²) in [5.41, 5.74) is -1.04. The number of halogens is 3. The number of nitrogens with one attached hydrogen (secondary N) is 2. The third-order valence-corrected chi connectivity index (χ3v) is 5.46. The van der Waals surface area contributed by atoms with E-state index in [1.54, 1.807) is 17.0 Å². The maximum absolute atomic E-state index is 13.5. The highest BCUT2D eigenvalue weighted by atomic mass is 19.4. The number of pyridine rings is 1. The van der Waals surface area contributed by atoms with Crippen LogP contribution in [0, 0.1) is 5.92 Å². The number of alkyl halides is 3. The topological polar surface area (TPSA) is 86.5 Å². The highest BCUT2D eigenvalue weighted by Gasteiger charge is 2.42. The van der Waals surface area contributed by atoms with Crippen molar-refractivity contribution in [1.29, 1.82) is 0 Å². The van der Waals surface area contributed by atoms with Crippen molar-refractivity contribution >= 4 is 23.4 Å². The van der Waals surface area contributed by atoms with Gasteiger partial charge in [0.15, 0.2) is 5.69 Å². The molecule has 2 aromatic heterocycles. The molecule has 0 radical (unpaired) electrons. The number of piperidine rings is 1. The molecular weight excluding hydrogens is 413 g/mol. The van der Waals surface area contributed by atoms with Gasteiger partial charge in [0.1, 0.15) is 5.82 Å². The van der Waals surface area contributed by atoms with Gasteiger partial charge in [0, 0.05) is 39.3 Å². The van der Waals surface area contributed by atoms with E-state index in [2.05, 4.69) is 25.5 Å². The minimum atomic E-state index is -4.81. The summed E-state index contributed by atoms with van der Waals surface area (Å²) in [5, 5.41) is 5.69. The van der Waals surface area contributed by atoms with Gasteiger partial charge in [0.25, 0.3) is 11.9 Å². The Morgan fingerprint density at radius 1 is 1.23 bits per heavy atom. The van der Waals surface area contributed by atoms with Gasteiger partial charge in [-0.2, -0.15) is 18.2 Å². The van der Waals surface area contributed by atoms with Crippen molar-refractivity contribution in [3.8, 4) is 0 Å². The fourth-order valence-electron chi connectivity index (χ4n) is 3.88. The highest BCUT2D eigenvalue weighted by Crippen LogP contribution is 2.35. The number of carbonyl (C=O) groups excluding carboxylic acids is 1. The Bertz CT molecular complexity index is 909. The van der Waals surface area contributed by atoms with Gasteiger partial charge in [-0.05, 0) is 30.9 Å². The van der Waals surface area contributed by atoms with Crippen LogP contribution in [0.25, 0.3) is 0 Å². The summed E-state index contributed by atoms with van der Waals surface area (Å²) in [7, 11) is 0. The van der Waals surface area contributed by atoms with Crippen LogP contribution < -0.4 is 20.4 Å². The molecule has 31 heavy (non-hydrogen) atoms. The summed E-state index contributed by atoms with van der Waals surface area (Å²) in [4.78, 5) is 24.3. The van der Waals surface area contributed by atoms with Gasteiger partial charge in [-0.25, -0.2) is 4.98 Å². The molecule has 0 spiro atoms. The average molecular weight is 438 g/mol. The summed E-state index contributed by atoms with van der Waals surface area (Å²) in [5.74, 6) is -0.788. The maximum atomic E-state index is 13.5. The first-order chi connectivity index (χ1) is 14.8. The van der Waals surface area contributed by atoms with Crippen LogP contribution in [0.2, 0.25) is 0 Å². The summed E-state index contributed by atoms with van der Waals surface area (Å²) >= 11 is 0. The predicted octanol–water partition coefficient (Wildman–Crippen LogP) is 2.99. The molecule has 2 aromatic rings. The van der Waals surface area contributed by atoms with Gasteiger partial charge >= 0.3 is 6.18 Å². The molecule has 2 saturated heterocycles. The number of aromatic nitrogens is 2. The minimum absolute atomic E-state index is 0.170. The lowest BCUT2D eigenvalue weighted by Gasteiger charge is -2.29. The molecule has 168 valence electrons. The van der Waals surface area contributed by atoms with Crippen molar-refractivity contribution < 1.29 is 22.4 Å². The molecule has 1 atom stereocenters. The van der Waals surface area contributed by atoms with E-state index in [-0.39, 0.29) is 11.7 Å². The van der Waals surface area contributed by atoms with E-state index in [4.69, 9.17) is 4.42 Å². The summed E-state index contributed by atoms with van der Waals surface area (Å²) in [6, 6.07) is 3.17. The molecule has 0 aliphatic carbocycles. The number of piperazine rings is 1. The largest absolute Gasteiger partial charge is 0.437 e. The molecule has 1 amide bonds. The van der Waals surface area contributed by atoms with E-state index in [0.29, 0.717) is 19.0 Å². The molecule has 0 bridgehead atoms. The number of anilines is 3. The monoisotopic (exact) mass is 438 g/mol. The van der Waals surface area contributed by atoms with Crippen LogP contribution in [0.1, 0.15) is 36.0 Å². The second kappa shape index (κ2) is 8.74. The standard InChI is InChI=1S/C20H25F3N6O2/c1-13-3-2-8-29(12-13)19-27-17(20(21,22)23)16(31-19)18(30)26-14-4-5-15(25-11-14)28-9-6-24-7-10-28/h4-5,11,13,24H,2-3,6-10,12H2,1H3,(H,26,30). The zero-order chi connectivity index (χ0) is 22.0. The highest BCUT2D eigenvalue weighted by molar-refractivity contribution is 6.03. The predicted molar refractivity (Wildman–Crippen MR) is 109 cm³/mol. The van der Waals surface area contributed by atoms with Gasteiger partial charge < -0.3 is 24.9 Å². The van der Waals surface area contributed by atoms with Gasteiger partial charge in [-0.3, -0.25) is 4.79 Å². The van der Waals surface area contributed by atoms with Gasteiger partial charge in [0.2, 0.25) is 5.76 Å². The van der Waals surface area contributed by atoms with E-state index in [1.165, 1.54) is 6.20 Å². The Morgan fingerprint density at radius 3 is 2.65 bits per heavy atom. The van der Waals surface area contributed by atoms with Crippen molar-refractivity contribution in [2.75, 3.05) is 54.4 Å². The summed E-state index contributed by atoms with van der Waals surface area (Å²) < 4.78 is 45.9. The normalized spacial score (nSPS) is 20.1. The van der Waals surface area contributed by atoms with E-state index < -0.39 is 23.5 Å². The lowest BCUT2D eigenvalue weighted by atomic mass is 10.0. The van der Waals surface area contributed by atoms with Crippen LogP contribution in [-0.4, -0.2) is 55.1 Å². The minimum Gasteiger partial charge on any atom is -0.417 e. The number of amides is 1. The van der Waals surface area contributed by atoms with Gasteiger partial charge in [0.05, 0.1) is 11.9 Å². The Morgan fingerprint density at radius 2 is 2.00 bits per heavy atom. The molecule has 0 aromatic carbocycles. The molecule has 8 nitrogen and oxygen atoms in total. The number of rotatable bonds is 4. The molecular formula is C20H25F3N6O2. The Labute approximate surface area is 177 Å². The quantitative estimate of drug-likeness (QED) is 0.759. The number of hydrogen-bond acceptors (Lipinski definition) is 7. The van der Waals surface area contributed by atoms with E-state index in [1.807, 2.05) is 6.92 Å². The van der Waals surface area contributed by atoms with Crippen LogP contribution in [0.4, 0.5) is 30.7 Å². The average Bonchev–Trinajstić information content (AvgIpc) is 3.21. The molecule has 2 aliphatic rings. The SMILES string of the molecule is CC1CCCN(c2nc(C(F)(F)F)c(C(=O)Nc3ccc(N4CCNCC4)nc3)o2)C1.